The van der Waals surface area contributed by atoms with E-state index in [1.165, 1.54) is 25.0 Å². The summed E-state index contributed by atoms with van der Waals surface area (Å²) in [6.07, 6.45) is 6.80. The maximum Gasteiger partial charge on any atom is 0.0727 e. The standard InChI is InChI=1S/C11H21N3/c1-4-6-7-8-14-11(9-12-13-14)10(3)5-2/h9-10H,4-8H2,1-3H3. The predicted molar refractivity (Wildman–Crippen MR) is 58.3 cm³/mol. The molecule has 0 aliphatic rings. The van der Waals surface area contributed by atoms with Crippen LogP contribution in [0.2, 0.25) is 0 Å². The second kappa shape index (κ2) is 5.78. The molecule has 0 bridgehead atoms. The lowest BCUT2D eigenvalue weighted by Gasteiger charge is -2.10. The van der Waals surface area contributed by atoms with Crippen LogP contribution in [0.3, 0.4) is 0 Å². The van der Waals surface area contributed by atoms with Gasteiger partial charge in [0.05, 0.1) is 11.9 Å². The van der Waals surface area contributed by atoms with E-state index in [-0.39, 0.29) is 0 Å². The van der Waals surface area contributed by atoms with Crippen LogP contribution < -0.4 is 0 Å². The highest BCUT2D eigenvalue weighted by Gasteiger charge is 2.09. The summed E-state index contributed by atoms with van der Waals surface area (Å²) in [6, 6.07) is 0. The van der Waals surface area contributed by atoms with Crippen molar-refractivity contribution in [3.8, 4) is 0 Å². The fourth-order valence-corrected chi connectivity index (χ4v) is 1.54. The summed E-state index contributed by atoms with van der Waals surface area (Å²) in [6.45, 7) is 7.67. The molecule has 1 aromatic heterocycles. The number of hydrogen-bond acceptors (Lipinski definition) is 2. The lowest BCUT2D eigenvalue weighted by atomic mass is 10.1. The molecule has 0 aromatic carbocycles. The third kappa shape index (κ3) is 2.82. The van der Waals surface area contributed by atoms with Crippen LogP contribution in [0.25, 0.3) is 0 Å². The first-order valence-electron chi connectivity index (χ1n) is 5.68. The van der Waals surface area contributed by atoms with Gasteiger partial charge in [0.1, 0.15) is 0 Å². The molecule has 80 valence electrons. The van der Waals surface area contributed by atoms with E-state index >= 15 is 0 Å². The summed E-state index contributed by atoms with van der Waals surface area (Å²) < 4.78 is 2.06. The Bertz CT molecular complexity index is 255. The van der Waals surface area contributed by atoms with Gasteiger partial charge in [-0.2, -0.15) is 0 Å². The van der Waals surface area contributed by atoms with Crippen molar-refractivity contribution in [1.82, 2.24) is 15.0 Å². The minimum atomic E-state index is 0.576. The number of rotatable bonds is 6. The van der Waals surface area contributed by atoms with Crippen molar-refractivity contribution in [2.45, 2.75) is 58.9 Å². The molecule has 14 heavy (non-hydrogen) atoms. The molecule has 1 aromatic rings. The quantitative estimate of drug-likeness (QED) is 0.653. The van der Waals surface area contributed by atoms with E-state index in [4.69, 9.17) is 0 Å². The molecule has 1 unspecified atom stereocenters. The van der Waals surface area contributed by atoms with Gasteiger partial charge in [0, 0.05) is 6.54 Å². The van der Waals surface area contributed by atoms with E-state index in [1.54, 1.807) is 0 Å². The summed E-state index contributed by atoms with van der Waals surface area (Å²) in [5.41, 5.74) is 1.28. The Balaban J connectivity index is 2.53. The second-order valence-electron chi connectivity index (χ2n) is 3.90. The Morgan fingerprint density at radius 1 is 1.36 bits per heavy atom. The van der Waals surface area contributed by atoms with Gasteiger partial charge in [-0.3, -0.25) is 0 Å². The lowest BCUT2D eigenvalue weighted by Crippen LogP contribution is -2.07. The molecular formula is C11H21N3. The predicted octanol–water partition coefficient (Wildman–Crippen LogP) is 2.98. The van der Waals surface area contributed by atoms with Crippen molar-refractivity contribution < 1.29 is 0 Å². The van der Waals surface area contributed by atoms with Crippen molar-refractivity contribution >= 4 is 0 Å². The normalized spacial score (nSPS) is 13.1. The van der Waals surface area contributed by atoms with E-state index in [9.17, 15) is 0 Å². The topological polar surface area (TPSA) is 30.7 Å². The van der Waals surface area contributed by atoms with Crippen LogP contribution in [0.4, 0.5) is 0 Å². The molecule has 1 atom stereocenters. The molecule has 1 heterocycles. The number of aryl methyl sites for hydroxylation is 1. The van der Waals surface area contributed by atoms with Gasteiger partial charge < -0.3 is 0 Å². The molecule has 0 fully saturated rings. The van der Waals surface area contributed by atoms with Crippen molar-refractivity contribution in [1.29, 1.82) is 0 Å². The number of hydrogen-bond donors (Lipinski definition) is 0. The summed E-state index contributed by atoms with van der Waals surface area (Å²) in [7, 11) is 0. The first-order valence-corrected chi connectivity index (χ1v) is 5.68. The molecule has 0 amide bonds. The van der Waals surface area contributed by atoms with Gasteiger partial charge in [0.25, 0.3) is 0 Å². The Kier molecular flexibility index (Phi) is 4.63. The minimum absolute atomic E-state index is 0.576. The zero-order chi connectivity index (χ0) is 10.4. The van der Waals surface area contributed by atoms with Crippen LogP contribution >= 0.6 is 0 Å². The van der Waals surface area contributed by atoms with Gasteiger partial charge in [0.2, 0.25) is 0 Å². The van der Waals surface area contributed by atoms with Gasteiger partial charge in [-0.1, -0.05) is 38.8 Å². The summed E-state index contributed by atoms with van der Waals surface area (Å²) >= 11 is 0. The van der Waals surface area contributed by atoms with E-state index in [1.807, 2.05) is 6.20 Å². The number of unbranched alkanes of at least 4 members (excludes halogenated alkanes) is 2. The van der Waals surface area contributed by atoms with Gasteiger partial charge in [-0.05, 0) is 18.8 Å². The molecule has 0 N–H and O–H groups in total. The van der Waals surface area contributed by atoms with Crippen LogP contribution in [0, 0.1) is 0 Å². The van der Waals surface area contributed by atoms with E-state index in [2.05, 4.69) is 35.8 Å². The SMILES string of the molecule is CCCCCn1nncc1C(C)CC. The second-order valence-corrected chi connectivity index (χ2v) is 3.90. The highest BCUT2D eigenvalue weighted by molar-refractivity contribution is 5.01. The molecule has 1 rings (SSSR count). The van der Waals surface area contributed by atoms with Crippen molar-refractivity contribution in [3.05, 3.63) is 11.9 Å². The first-order chi connectivity index (χ1) is 6.79. The van der Waals surface area contributed by atoms with Crippen LogP contribution in [-0.2, 0) is 6.54 Å². The summed E-state index contributed by atoms with van der Waals surface area (Å²) in [4.78, 5) is 0. The molecular weight excluding hydrogens is 174 g/mol. The van der Waals surface area contributed by atoms with Gasteiger partial charge in [0.15, 0.2) is 0 Å². The Hall–Kier alpha value is -0.860. The van der Waals surface area contributed by atoms with Gasteiger partial charge in [-0.15, -0.1) is 5.10 Å². The average Bonchev–Trinajstić information content (AvgIpc) is 2.65. The summed E-state index contributed by atoms with van der Waals surface area (Å²) in [5.74, 6) is 0.576. The Labute approximate surface area is 86.5 Å². The average molecular weight is 195 g/mol. The fraction of sp³-hybridized carbons (Fsp3) is 0.818. The largest absolute Gasteiger partial charge is 0.249 e. The zero-order valence-corrected chi connectivity index (χ0v) is 9.53. The molecule has 0 saturated carbocycles. The van der Waals surface area contributed by atoms with Crippen molar-refractivity contribution in [2.24, 2.45) is 0 Å². The molecule has 3 heteroatoms. The number of aromatic nitrogens is 3. The smallest absolute Gasteiger partial charge is 0.0727 e. The van der Waals surface area contributed by atoms with Gasteiger partial charge >= 0.3 is 0 Å². The third-order valence-corrected chi connectivity index (χ3v) is 2.74. The van der Waals surface area contributed by atoms with Crippen molar-refractivity contribution in [3.63, 3.8) is 0 Å². The number of nitrogens with zero attached hydrogens (tertiary/aromatic N) is 3. The van der Waals surface area contributed by atoms with Gasteiger partial charge in [-0.25, -0.2) is 4.68 Å². The van der Waals surface area contributed by atoms with E-state index in [0.29, 0.717) is 5.92 Å². The highest BCUT2D eigenvalue weighted by Crippen LogP contribution is 2.17. The van der Waals surface area contributed by atoms with Crippen molar-refractivity contribution in [2.75, 3.05) is 0 Å². The maximum absolute atomic E-state index is 4.12. The molecule has 0 spiro atoms. The van der Waals surface area contributed by atoms with Crippen LogP contribution in [0.5, 0.6) is 0 Å². The molecule has 3 nitrogen and oxygen atoms in total. The van der Waals surface area contributed by atoms with Crippen LogP contribution in [0.15, 0.2) is 6.20 Å². The first kappa shape index (κ1) is 11.2. The van der Waals surface area contributed by atoms with E-state index in [0.717, 1.165) is 13.0 Å². The van der Waals surface area contributed by atoms with E-state index < -0.39 is 0 Å². The third-order valence-electron chi connectivity index (χ3n) is 2.74. The Morgan fingerprint density at radius 2 is 2.14 bits per heavy atom. The summed E-state index contributed by atoms with van der Waals surface area (Å²) in [5, 5.41) is 8.11. The zero-order valence-electron chi connectivity index (χ0n) is 9.53. The monoisotopic (exact) mass is 195 g/mol. The molecule has 0 aliphatic heterocycles. The van der Waals surface area contributed by atoms with Crippen LogP contribution in [0.1, 0.15) is 58.1 Å². The maximum atomic E-state index is 4.12. The molecule has 0 radical (unpaired) electrons. The Morgan fingerprint density at radius 3 is 2.79 bits per heavy atom. The van der Waals surface area contributed by atoms with Crippen LogP contribution in [-0.4, -0.2) is 15.0 Å². The highest BCUT2D eigenvalue weighted by atomic mass is 15.4. The fourth-order valence-electron chi connectivity index (χ4n) is 1.54. The lowest BCUT2D eigenvalue weighted by molar-refractivity contribution is 0.501. The minimum Gasteiger partial charge on any atom is -0.249 e. The molecule has 0 saturated heterocycles. The molecule has 0 aliphatic carbocycles.